The minimum absolute atomic E-state index is 0.0412. The lowest BCUT2D eigenvalue weighted by Gasteiger charge is -2.15. The summed E-state index contributed by atoms with van der Waals surface area (Å²) in [6, 6.07) is 0. The molecule has 0 rings (SSSR count). The van der Waals surface area contributed by atoms with Crippen molar-refractivity contribution >= 4 is 0 Å². The zero-order valence-electron chi connectivity index (χ0n) is 11.8. The van der Waals surface area contributed by atoms with E-state index in [1.54, 1.807) is 13.2 Å². The van der Waals surface area contributed by atoms with E-state index in [0.29, 0.717) is 0 Å². The van der Waals surface area contributed by atoms with Gasteiger partial charge < -0.3 is 14.6 Å². The van der Waals surface area contributed by atoms with Gasteiger partial charge >= 0.3 is 0 Å². The van der Waals surface area contributed by atoms with Gasteiger partial charge in [0.15, 0.2) is 0 Å². The van der Waals surface area contributed by atoms with Gasteiger partial charge in [-0.05, 0) is 33.1 Å². The summed E-state index contributed by atoms with van der Waals surface area (Å²) in [5.74, 6) is 0. The van der Waals surface area contributed by atoms with Gasteiger partial charge in [-0.3, -0.25) is 0 Å². The Morgan fingerprint density at radius 1 is 1.33 bits per heavy atom. The Balaban J connectivity index is 4.49. The summed E-state index contributed by atoms with van der Waals surface area (Å²) in [6.45, 7) is 8.38. The number of rotatable bonds is 10. The maximum Gasteiger partial charge on any atom is 0.147 e. The van der Waals surface area contributed by atoms with E-state index in [1.165, 1.54) is 11.1 Å². The van der Waals surface area contributed by atoms with Crippen molar-refractivity contribution in [3.8, 4) is 0 Å². The molecule has 3 nitrogen and oxygen atoms in total. The normalized spacial score (nSPS) is 13.2. The molecule has 0 aliphatic carbocycles. The van der Waals surface area contributed by atoms with Crippen molar-refractivity contribution < 1.29 is 14.6 Å². The highest BCUT2D eigenvalue weighted by Gasteiger charge is 2.07. The summed E-state index contributed by atoms with van der Waals surface area (Å²) in [5, 5.41) is 8.91. The van der Waals surface area contributed by atoms with Gasteiger partial charge in [0, 0.05) is 13.7 Å². The number of hydrogen-bond acceptors (Lipinski definition) is 3. The molecule has 104 valence electrons. The van der Waals surface area contributed by atoms with Crippen LogP contribution in [0.3, 0.4) is 0 Å². The predicted octanol–water partition coefficient (Wildman–Crippen LogP) is 3.22. The molecule has 0 aliphatic rings. The van der Waals surface area contributed by atoms with Crippen molar-refractivity contribution in [2.75, 3.05) is 20.5 Å². The van der Waals surface area contributed by atoms with Crippen molar-refractivity contribution in [3.05, 3.63) is 36.0 Å². The van der Waals surface area contributed by atoms with Crippen LogP contribution in [0.25, 0.3) is 0 Å². The molecule has 0 aromatic rings. The topological polar surface area (TPSA) is 38.7 Å². The molecule has 0 spiro atoms. The fraction of sp³-hybridized carbons (Fsp3) is 0.600. The van der Waals surface area contributed by atoms with Crippen LogP contribution in [-0.2, 0) is 9.47 Å². The first kappa shape index (κ1) is 17.1. The largest absolute Gasteiger partial charge is 0.396 e. The summed E-state index contributed by atoms with van der Waals surface area (Å²) in [5.41, 5.74) is 2.51. The third-order valence-electron chi connectivity index (χ3n) is 2.43. The van der Waals surface area contributed by atoms with Crippen molar-refractivity contribution in [3.63, 3.8) is 0 Å². The van der Waals surface area contributed by atoms with Crippen LogP contribution in [0.15, 0.2) is 36.0 Å². The van der Waals surface area contributed by atoms with E-state index < -0.39 is 0 Å². The molecular formula is C15H26O3. The molecule has 0 aliphatic heterocycles. The summed E-state index contributed by atoms with van der Waals surface area (Å²) >= 11 is 0. The Morgan fingerprint density at radius 3 is 2.56 bits per heavy atom. The zero-order chi connectivity index (χ0) is 13.8. The third-order valence-corrected chi connectivity index (χ3v) is 2.43. The average molecular weight is 254 g/mol. The van der Waals surface area contributed by atoms with Crippen LogP contribution in [0.5, 0.6) is 0 Å². The van der Waals surface area contributed by atoms with E-state index in [-0.39, 0.29) is 19.5 Å². The molecule has 3 heteroatoms. The average Bonchev–Trinajstić information content (AvgIpc) is 2.36. The maximum atomic E-state index is 8.91. The van der Waals surface area contributed by atoms with E-state index in [1.807, 2.05) is 0 Å². The Kier molecular flexibility index (Phi) is 10.6. The summed E-state index contributed by atoms with van der Waals surface area (Å²) < 4.78 is 10.4. The molecule has 0 bridgehead atoms. The summed E-state index contributed by atoms with van der Waals surface area (Å²) in [6.07, 6.45) is 8.38. The molecule has 0 saturated carbocycles. The lowest BCUT2D eigenvalue weighted by Crippen LogP contribution is -2.12. The molecule has 0 radical (unpaired) electrons. The molecule has 1 atom stereocenters. The van der Waals surface area contributed by atoms with Gasteiger partial charge in [0.05, 0.1) is 6.10 Å². The SMILES string of the molecule is C=C[C@@H](C/C(=C/C=C(C)C)CCCO)OCOC. The van der Waals surface area contributed by atoms with Crippen molar-refractivity contribution in [2.45, 2.75) is 39.2 Å². The molecule has 0 heterocycles. The van der Waals surface area contributed by atoms with Gasteiger partial charge in [0.1, 0.15) is 6.79 Å². The monoisotopic (exact) mass is 254 g/mol. The number of aliphatic hydroxyl groups excluding tert-OH is 1. The van der Waals surface area contributed by atoms with Crippen LogP contribution < -0.4 is 0 Å². The second kappa shape index (κ2) is 11.2. The third kappa shape index (κ3) is 9.16. The van der Waals surface area contributed by atoms with Gasteiger partial charge in [-0.1, -0.05) is 29.4 Å². The van der Waals surface area contributed by atoms with Crippen LogP contribution in [0.2, 0.25) is 0 Å². The van der Waals surface area contributed by atoms with Gasteiger partial charge in [-0.25, -0.2) is 0 Å². The number of allylic oxidation sites excluding steroid dienone is 3. The first-order chi connectivity index (χ1) is 8.63. The van der Waals surface area contributed by atoms with Gasteiger partial charge in [-0.15, -0.1) is 6.58 Å². The Morgan fingerprint density at radius 2 is 2.06 bits per heavy atom. The number of ether oxygens (including phenoxy) is 2. The van der Waals surface area contributed by atoms with Crippen LogP contribution in [0.4, 0.5) is 0 Å². The maximum absolute atomic E-state index is 8.91. The molecule has 0 amide bonds. The molecular weight excluding hydrogens is 228 g/mol. The Labute approximate surface area is 111 Å². The van der Waals surface area contributed by atoms with E-state index >= 15 is 0 Å². The smallest absolute Gasteiger partial charge is 0.147 e. The highest BCUT2D eigenvalue weighted by molar-refractivity contribution is 5.17. The minimum Gasteiger partial charge on any atom is -0.396 e. The summed E-state index contributed by atoms with van der Waals surface area (Å²) in [7, 11) is 1.60. The predicted molar refractivity (Wildman–Crippen MR) is 75.4 cm³/mol. The van der Waals surface area contributed by atoms with Crippen LogP contribution in [-0.4, -0.2) is 31.7 Å². The quantitative estimate of drug-likeness (QED) is 0.369. The van der Waals surface area contributed by atoms with Crippen molar-refractivity contribution in [1.29, 1.82) is 0 Å². The van der Waals surface area contributed by atoms with Gasteiger partial charge in [0.25, 0.3) is 0 Å². The standard InChI is InChI=1S/C15H26O3/c1-5-15(18-12-17-4)11-14(7-6-10-16)9-8-13(2)3/h5,8-9,15-16H,1,6-7,10-12H2,2-4H3/b14-9+/t15-/m0/s1. The zero-order valence-corrected chi connectivity index (χ0v) is 11.8. The lowest BCUT2D eigenvalue weighted by molar-refractivity contribution is -0.0549. The van der Waals surface area contributed by atoms with E-state index in [0.717, 1.165) is 19.3 Å². The number of aliphatic hydroxyl groups is 1. The van der Waals surface area contributed by atoms with E-state index in [4.69, 9.17) is 14.6 Å². The van der Waals surface area contributed by atoms with Crippen LogP contribution in [0, 0.1) is 0 Å². The van der Waals surface area contributed by atoms with Gasteiger partial charge in [0.2, 0.25) is 0 Å². The van der Waals surface area contributed by atoms with Crippen molar-refractivity contribution in [2.24, 2.45) is 0 Å². The molecule has 0 saturated heterocycles. The Bertz CT molecular complexity index is 275. The summed E-state index contributed by atoms with van der Waals surface area (Å²) in [4.78, 5) is 0. The Hall–Kier alpha value is -0.900. The second-order valence-corrected chi connectivity index (χ2v) is 4.45. The number of methoxy groups -OCH3 is 1. The minimum atomic E-state index is -0.0412. The first-order valence-corrected chi connectivity index (χ1v) is 6.31. The van der Waals surface area contributed by atoms with Crippen molar-refractivity contribution in [1.82, 2.24) is 0 Å². The highest BCUT2D eigenvalue weighted by atomic mass is 16.7. The fourth-order valence-corrected chi connectivity index (χ4v) is 1.47. The molecule has 1 N–H and O–H groups in total. The first-order valence-electron chi connectivity index (χ1n) is 6.31. The molecule has 0 aromatic heterocycles. The van der Waals surface area contributed by atoms with E-state index in [2.05, 4.69) is 32.6 Å². The van der Waals surface area contributed by atoms with E-state index in [9.17, 15) is 0 Å². The number of hydrogen-bond donors (Lipinski definition) is 1. The molecule has 0 unspecified atom stereocenters. The fourth-order valence-electron chi connectivity index (χ4n) is 1.47. The molecule has 18 heavy (non-hydrogen) atoms. The van der Waals surface area contributed by atoms with Crippen LogP contribution in [0.1, 0.15) is 33.1 Å². The highest BCUT2D eigenvalue weighted by Crippen LogP contribution is 2.16. The second-order valence-electron chi connectivity index (χ2n) is 4.45. The lowest BCUT2D eigenvalue weighted by atomic mass is 10.0. The van der Waals surface area contributed by atoms with Crippen LogP contribution >= 0.6 is 0 Å². The molecule has 0 fully saturated rings. The van der Waals surface area contributed by atoms with Gasteiger partial charge in [-0.2, -0.15) is 0 Å². The molecule has 0 aromatic carbocycles.